The SMILES string of the molecule is C[C@H](CCc1ccccc1)NC(=O)C(=O)NCc1ccc2c(c1)OCO2. The van der Waals surface area contributed by atoms with Gasteiger partial charge in [-0.1, -0.05) is 36.4 Å². The Balaban J connectivity index is 1.42. The van der Waals surface area contributed by atoms with Crippen LogP contribution in [0.25, 0.3) is 0 Å². The van der Waals surface area contributed by atoms with Crippen molar-refractivity contribution in [3.63, 3.8) is 0 Å². The van der Waals surface area contributed by atoms with E-state index in [0.29, 0.717) is 11.5 Å². The van der Waals surface area contributed by atoms with Crippen LogP contribution in [-0.2, 0) is 22.6 Å². The average Bonchev–Trinajstić information content (AvgIpc) is 3.13. The normalized spacial score (nSPS) is 13.1. The largest absolute Gasteiger partial charge is 0.454 e. The minimum Gasteiger partial charge on any atom is -0.454 e. The van der Waals surface area contributed by atoms with Gasteiger partial charge in [-0.2, -0.15) is 0 Å². The minimum absolute atomic E-state index is 0.0843. The molecule has 26 heavy (non-hydrogen) atoms. The van der Waals surface area contributed by atoms with Crippen molar-refractivity contribution in [2.45, 2.75) is 32.4 Å². The summed E-state index contributed by atoms with van der Waals surface area (Å²) in [5.41, 5.74) is 2.05. The summed E-state index contributed by atoms with van der Waals surface area (Å²) in [6.07, 6.45) is 1.62. The van der Waals surface area contributed by atoms with Crippen molar-refractivity contribution in [2.75, 3.05) is 6.79 Å². The zero-order chi connectivity index (χ0) is 18.4. The quantitative estimate of drug-likeness (QED) is 0.780. The molecule has 2 aromatic rings. The van der Waals surface area contributed by atoms with E-state index in [1.807, 2.05) is 43.3 Å². The number of benzene rings is 2. The first-order valence-electron chi connectivity index (χ1n) is 8.63. The lowest BCUT2D eigenvalue weighted by Gasteiger charge is -2.14. The summed E-state index contributed by atoms with van der Waals surface area (Å²) >= 11 is 0. The molecule has 1 atom stereocenters. The number of fused-ring (bicyclic) bond motifs is 1. The summed E-state index contributed by atoms with van der Waals surface area (Å²) < 4.78 is 10.5. The van der Waals surface area contributed by atoms with Crippen molar-refractivity contribution in [3.05, 3.63) is 59.7 Å². The van der Waals surface area contributed by atoms with E-state index >= 15 is 0 Å². The molecule has 0 unspecified atom stereocenters. The van der Waals surface area contributed by atoms with Crippen molar-refractivity contribution in [2.24, 2.45) is 0 Å². The lowest BCUT2D eigenvalue weighted by atomic mass is 10.1. The van der Waals surface area contributed by atoms with Crippen LogP contribution in [0, 0.1) is 0 Å². The molecule has 0 saturated heterocycles. The second-order valence-corrected chi connectivity index (χ2v) is 6.27. The molecule has 0 aromatic heterocycles. The van der Waals surface area contributed by atoms with Gasteiger partial charge in [0.15, 0.2) is 11.5 Å². The Kier molecular flexibility index (Phi) is 5.73. The Hall–Kier alpha value is -3.02. The maximum atomic E-state index is 12.0. The van der Waals surface area contributed by atoms with Gasteiger partial charge in [-0.05, 0) is 43.0 Å². The molecule has 0 spiro atoms. The standard InChI is InChI=1S/C20H22N2O4/c1-14(7-8-15-5-3-2-4-6-15)22-20(24)19(23)21-12-16-9-10-17-18(11-16)26-13-25-17/h2-6,9-11,14H,7-8,12-13H2,1H3,(H,21,23)(H,22,24)/t14-/m1/s1. The number of carbonyl (C=O) groups is 2. The minimum atomic E-state index is -0.644. The van der Waals surface area contributed by atoms with Gasteiger partial charge in [0, 0.05) is 12.6 Å². The highest BCUT2D eigenvalue weighted by atomic mass is 16.7. The van der Waals surface area contributed by atoms with Crippen LogP contribution in [0.5, 0.6) is 11.5 Å². The summed E-state index contributed by atoms with van der Waals surface area (Å²) in [4.78, 5) is 24.0. The number of hydrogen-bond acceptors (Lipinski definition) is 4. The molecular weight excluding hydrogens is 332 g/mol. The summed E-state index contributed by atoms with van der Waals surface area (Å²) in [7, 11) is 0. The number of ether oxygens (including phenoxy) is 2. The molecule has 3 rings (SSSR count). The highest BCUT2D eigenvalue weighted by molar-refractivity contribution is 6.35. The van der Waals surface area contributed by atoms with Crippen molar-refractivity contribution >= 4 is 11.8 Å². The number of nitrogens with one attached hydrogen (secondary N) is 2. The zero-order valence-electron chi connectivity index (χ0n) is 14.7. The van der Waals surface area contributed by atoms with E-state index in [-0.39, 0.29) is 19.4 Å². The summed E-state index contributed by atoms with van der Waals surface area (Å²) in [5, 5.41) is 5.35. The predicted molar refractivity (Wildman–Crippen MR) is 96.8 cm³/mol. The molecule has 0 bridgehead atoms. The first kappa shape index (κ1) is 17.8. The number of carbonyl (C=O) groups excluding carboxylic acids is 2. The lowest BCUT2D eigenvalue weighted by Crippen LogP contribution is -2.43. The molecule has 6 heteroatoms. The number of aryl methyl sites for hydroxylation is 1. The lowest BCUT2D eigenvalue weighted by molar-refractivity contribution is -0.139. The predicted octanol–water partition coefficient (Wildman–Crippen LogP) is 2.17. The van der Waals surface area contributed by atoms with Gasteiger partial charge >= 0.3 is 11.8 Å². The van der Waals surface area contributed by atoms with Gasteiger partial charge < -0.3 is 20.1 Å². The van der Waals surface area contributed by atoms with E-state index in [1.54, 1.807) is 12.1 Å². The van der Waals surface area contributed by atoms with Crippen molar-refractivity contribution in [1.29, 1.82) is 0 Å². The van der Waals surface area contributed by atoms with Crippen molar-refractivity contribution in [1.82, 2.24) is 10.6 Å². The third-order valence-corrected chi connectivity index (χ3v) is 4.18. The van der Waals surface area contributed by atoms with Gasteiger partial charge in [0.2, 0.25) is 6.79 Å². The van der Waals surface area contributed by atoms with E-state index in [9.17, 15) is 9.59 Å². The molecule has 1 aliphatic heterocycles. The third-order valence-electron chi connectivity index (χ3n) is 4.18. The second-order valence-electron chi connectivity index (χ2n) is 6.27. The highest BCUT2D eigenvalue weighted by Gasteiger charge is 2.17. The monoisotopic (exact) mass is 354 g/mol. The molecule has 0 saturated carbocycles. The summed E-state index contributed by atoms with van der Waals surface area (Å²) in [6, 6.07) is 15.4. The topological polar surface area (TPSA) is 76.7 Å². The van der Waals surface area contributed by atoms with Crippen LogP contribution in [-0.4, -0.2) is 24.6 Å². The van der Waals surface area contributed by atoms with Crippen molar-refractivity contribution in [3.8, 4) is 11.5 Å². The Morgan fingerprint density at radius 3 is 2.58 bits per heavy atom. The Morgan fingerprint density at radius 2 is 1.77 bits per heavy atom. The van der Waals surface area contributed by atoms with E-state index in [2.05, 4.69) is 10.6 Å². The van der Waals surface area contributed by atoms with Crippen LogP contribution in [0.1, 0.15) is 24.5 Å². The number of rotatable bonds is 6. The van der Waals surface area contributed by atoms with E-state index < -0.39 is 11.8 Å². The van der Waals surface area contributed by atoms with Gasteiger partial charge in [0.05, 0.1) is 0 Å². The fourth-order valence-corrected chi connectivity index (χ4v) is 2.70. The molecule has 0 aliphatic carbocycles. The van der Waals surface area contributed by atoms with E-state index in [1.165, 1.54) is 5.56 Å². The Labute approximate surface area is 152 Å². The fourth-order valence-electron chi connectivity index (χ4n) is 2.70. The maximum absolute atomic E-state index is 12.0. The Morgan fingerprint density at radius 1 is 1.00 bits per heavy atom. The first-order chi connectivity index (χ1) is 12.6. The number of amides is 2. The van der Waals surface area contributed by atoms with Gasteiger partial charge in [0.1, 0.15) is 0 Å². The third kappa shape index (κ3) is 4.75. The van der Waals surface area contributed by atoms with Crippen LogP contribution in [0.15, 0.2) is 48.5 Å². The van der Waals surface area contributed by atoms with Crippen LogP contribution in [0.4, 0.5) is 0 Å². The molecule has 2 N–H and O–H groups in total. The summed E-state index contributed by atoms with van der Waals surface area (Å²) in [6.45, 7) is 2.35. The molecule has 1 aliphatic rings. The Bertz CT molecular complexity index is 777. The molecule has 136 valence electrons. The molecule has 0 fully saturated rings. The average molecular weight is 354 g/mol. The van der Waals surface area contributed by atoms with Crippen molar-refractivity contribution < 1.29 is 19.1 Å². The molecule has 1 heterocycles. The second kappa shape index (κ2) is 8.38. The van der Waals surface area contributed by atoms with Gasteiger partial charge in [0.25, 0.3) is 0 Å². The highest BCUT2D eigenvalue weighted by Crippen LogP contribution is 2.32. The zero-order valence-corrected chi connectivity index (χ0v) is 14.7. The van der Waals surface area contributed by atoms with Gasteiger partial charge in [-0.3, -0.25) is 9.59 Å². The molecular formula is C20H22N2O4. The smallest absolute Gasteiger partial charge is 0.309 e. The van der Waals surface area contributed by atoms with Gasteiger partial charge in [-0.15, -0.1) is 0 Å². The fraction of sp³-hybridized carbons (Fsp3) is 0.300. The first-order valence-corrected chi connectivity index (χ1v) is 8.63. The van der Waals surface area contributed by atoms with Crippen LogP contribution in [0.2, 0.25) is 0 Å². The van der Waals surface area contributed by atoms with Crippen LogP contribution in [0.3, 0.4) is 0 Å². The molecule has 2 amide bonds. The molecule has 0 radical (unpaired) electrons. The molecule has 2 aromatic carbocycles. The van der Waals surface area contributed by atoms with Gasteiger partial charge in [-0.25, -0.2) is 0 Å². The summed E-state index contributed by atoms with van der Waals surface area (Å²) in [5.74, 6) is 0.0707. The van der Waals surface area contributed by atoms with E-state index in [4.69, 9.17) is 9.47 Å². The maximum Gasteiger partial charge on any atom is 0.309 e. The van der Waals surface area contributed by atoms with E-state index in [0.717, 1.165) is 18.4 Å². The number of hydrogen-bond donors (Lipinski definition) is 2. The van der Waals surface area contributed by atoms with Crippen LogP contribution >= 0.6 is 0 Å². The van der Waals surface area contributed by atoms with Crippen LogP contribution < -0.4 is 20.1 Å². The molecule has 6 nitrogen and oxygen atoms in total.